The Morgan fingerprint density at radius 3 is 2.44 bits per heavy atom. The van der Waals surface area contributed by atoms with Crippen LogP contribution in [0.5, 0.6) is 0 Å². The number of benzene rings is 1. The first kappa shape index (κ1) is 18.4. The highest BCUT2D eigenvalue weighted by Gasteiger charge is 2.26. The van der Waals surface area contributed by atoms with Gasteiger partial charge in [-0.15, -0.1) is 0 Å². The van der Waals surface area contributed by atoms with Gasteiger partial charge in [-0.25, -0.2) is 8.78 Å². The molecule has 0 aromatic heterocycles. The van der Waals surface area contributed by atoms with Crippen molar-refractivity contribution in [1.29, 1.82) is 0 Å². The molecule has 0 heterocycles. The zero-order chi connectivity index (χ0) is 17.6. The lowest BCUT2D eigenvalue weighted by Gasteiger charge is -2.33. The molecule has 1 fully saturated rings. The fraction of sp³-hybridized carbons (Fsp3) is 0.565. The van der Waals surface area contributed by atoms with Gasteiger partial charge in [0, 0.05) is 0 Å². The number of unbranched alkanes of at least 4 members (excludes halogenated alkanes) is 2. The Balaban J connectivity index is 1.50. The first-order chi connectivity index (χ1) is 12.2. The third kappa shape index (κ3) is 4.80. The van der Waals surface area contributed by atoms with Crippen LogP contribution in [0.3, 0.4) is 0 Å². The standard InChI is InChI=1S/C23H30F2/c1-2-3-4-5-17-6-8-18(9-7-17)19-10-12-20(13-11-19)21-14-15-22(24)23(25)16-21/h10,12-19H,2-9,11H2,1H3/t17-,18-,19?. The normalized spacial score (nSPS) is 26.5. The Bertz CT molecular complexity index is 621. The Morgan fingerprint density at radius 2 is 1.80 bits per heavy atom. The van der Waals surface area contributed by atoms with Crippen molar-refractivity contribution in [2.24, 2.45) is 17.8 Å². The second-order valence-corrected chi connectivity index (χ2v) is 7.82. The lowest BCUT2D eigenvalue weighted by atomic mass is 9.72. The van der Waals surface area contributed by atoms with Crippen LogP contribution in [0.4, 0.5) is 8.78 Å². The van der Waals surface area contributed by atoms with Gasteiger partial charge in [-0.1, -0.05) is 69.7 Å². The predicted octanol–water partition coefficient (Wildman–Crippen LogP) is 7.31. The molecule has 3 rings (SSSR count). The van der Waals surface area contributed by atoms with Crippen molar-refractivity contribution in [3.63, 3.8) is 0 Å². The lowest BCUT2D eigenvalue weighted by molar-refractivity contribution is 0.219. The minimum atomic E-state index is -0.780. The quantitative estimate of drug-likeness (QED) is 0.475. The Labute approximate surface area is 151 Å². The van der Waals surface area contributed by atoms with Gasteiger partial charge in [0.2, 0.25) is 0 Å². The van der Waals surface area contributed by atoms with Crippen molar-refractivity contribution < 1.29 is 8.78 Å². The summed E-state index contributed by atoms with van der Waals surface area (Å²) in [5, 5.41) is 0. The highest BCUT2D eigenvalue weighted by molar-refractivity contribution is 5.74. The van der Waals surface area contributed by atoms with E-state index in [2.05, 4.69) is 25.2 Å². The molecule has 0 spiro atoms. The molecule has 0 bridgehead atoms. The molecule has 2 heteroatoms. The SMILES string of the molecule is CCCCC[C@H]1CC[C@H](C2C=CC(c3ccc(F)c(F)c3)=CC2)CC1. The summed E-state index contributed by atoms with van der Waals surface area (Å²) in [6.45, 7) is 2.27. The zero-order valence-electron chi connectivity index (χ0n) is 15.3. The molecule has 1 atom stereocenters. The maximum atomic E-state index is 13.4. The third-order valence-electron chi connectivity index (χ3n) is 6.10. The second-order valence-electron chi connectivity index (χ2n) is 7.82. The highest BCUT2D eigenvalue weighted by atomic mass is 19.2. The molecule has 0 amide bonds. The molecule has 0 nitrogen and oxygen atoms in total. The number of allylic oxidation sites excluding steroid dienone is 4. The average Bonchev–Trinajstić information content (AvgIpc) is 2.65. The molecule has 25 heavy (non-hydrogen) atoms. The average molecular weight is 344 g/mol. The zero-order valence-corrected chi connectivity index (χ0v) is 15.3. The van der Waals surface area contributed by atoms with E-state index in [1.54, 1.807) is 6.07 Å². The van der Waals surface area contributed by atoms with Crippen molar-refractivity contribution in [2.45, 2.75) is 64.7 Å². The fourth-order valence-electron chi connectivity index (χ4n) is 4.46. The Hall–Kier alpha value is -1.44. The lowest BCUT2D eigenvalue weighted by Crippen LogP contribution is -2.21. The first-order valence-corrected chi connectivity index (χ1v) is 10.0. The van der Waals surface area contributed by atoms with Gasteiger partial charge in [0.1, 0.15) is 0 Å². The van der Waals surface area contributed by atoms with Crippen molar-refractivity contribution in [1.82, 2.24) is 0 Å². The van der Waals surface area contributed by atoms with Crippen LogP contribution in [0.15, 0.2) is 36.4 Å². The minimum absolute atomic E-state index is 0.616. The number of halogens is 2. The fourth-order valence-corrected chi connectivity index (χ4v) is 4.46. The van der Waals surface area contributed by atoms with Crippen LogP contribution in [0, 0.1) is 29.4 Å². The van der Waals surface area contributed by atoms with Crippen LogP contribution in [0.25, 0.3) is 5.57 Å². The third-order valence-corrected chi connectivity index (χ3v) is 6.10. The molecule has 2 aliphatic rings. The van der Waals surface area contributed by atoms with Gasteiger partial charge in [0.25, 0.3) is 0 Å². The summed E-state index contributed by atoms with van der Waals surface area (Å²) in [4.78, 5) is 0. The largest absolute Gasteiger partial charge is 0.204 e. The predicted molar refractivity (Wildman–Crippen MR) is 101 cm³/mol. The van der Waals surface area contributed by atoms with E-state index in [0.29, 0.717) is 5.92 Å². The van der Waals surface area contributed by atoms with Crippen molar-refractivity contribution in [3.8, 4) is 0 Å². The van der Waals surface area contributed by atoms with E-state index >= 15 is 0 Å². The van der Waals surface area contributed by atoms with E-state index in [9.17, 15) is 8.78 Å². The van der Waals surface area contributed by atoms with E-state index in [1.165, 1.54) is 63.5 Å². The first-order valence-electron chi connectivity index (χ1n) is 10.0. The van der Waals surface area contributed by atoms with E-state index in [4.69, 9.17) is 0 Å². The molecule has 0 N–H and O–H groups in total. The van der Waals surface area contributed by atoms with Crippen LogP contribution < -0.4 is 0 Å². The van der Waals surface area contributed by atoms with Crippen molar-refractivity contribution in [2.75, 3.05) is 0 Å². The van der Waals surface area contributed by atoms with Gasteiger partial charge in [-0.05, 0) is 60.3 Å². The summed E-state index contributed by atoms with van der Waals surface area (Å²) in [5.74, 6) is 0.809. The van der Waals surface area contributed by atoms with E-state index in [0.717, 1.165) is 29.4 Å². The van der Waals surface area contributed by atoms with Gasteiger partial charge < -0.3 is 0 Å². The summed E-state index contributed by atoms with van der Waals surface area (Å²) >= 11 is 0. The van der Waals surface area contributed by atoms with E-state index < -0.39 is 11.6 Å². The molecule has 1 aromatic carbocycles. The van der Waals surface area contributed by atoms with Crippen LogP contribution in [-0.4, -0.2) is 0 Å². The van der Waals surface area contributed by atoms with Crippen LogP contribution in [-0.2, 0) is 0 Å². The summed E-state index contributed by atoms with van der Waals surface area (Å²) in [7, 11) is 0. The number of hydrogen-bond acceptors (Lipinski definition) is 0. The Kier molecular flexibility index (Phi) is 6.45. The second kappa shape index (κ2) is 8.78. The summed E-state index contributed by atoms with van der Waals surface area (Å²) in [5.41, 5.74) is 1.79. The van der Waals surface area contributed by atoms with Gasteiger partial charge >= 0.3 is 0 Å². The molecular formula is C23H30F2. The van der Waals surface area contributed by atoms with Gasteiger partial charge in [-0.2, -0.15) is 0 Å². The summed E-state index contributed by atoms with van der Waals surface area (Å²) in [6.07, 6.45) is 18.6. The van der Waals surface area contributed by atoms with Gasteiger partial charge in [0.15, 0.2) is 11.6 Å². The van der Waals surface area contributed by atoms with E-state index in [-0.39, 0.29) is 0 Å². The molecule has 1 saturated carbocycles. The molecule has 2 aliphatic carbocycles. The number of hydrogen-bond donors (Lipinski definition) is 0. The van der Waals surface area contributed by atoms with Crippen LogP contribution >= 0.6 is 0 Å². The van der Waals surface area contributed by atoms with Crippen LogP contribution in [0.2, 0.25) is 0 Å². The molecule has 0 aliphatic heterocycles. The molecule has 136 valence electrons. The van der Waals surface area contributed by atoms with Crippen LogP contribution in [0.1, 0.15) is 70.3 Å². The maximum absolute atomic E-state index is 13.4. The minimum Gasteiger partial charge on any atom is -0.204 e. The monoisotopic (exact) mass is 344 g/mol. The van der Waals surface area contributed by atoms with E-state index in [1.807, 2.05) is 0 Å². The maximum Gasteiger partial charge on any atom is 0.159 e. The molecule has 1 aromatic rings. The molecule has 0 saturated heterocycles. The molecule has 1 unspecified atom stereocenters. The Morgan fingerprint density at radius 1 is 1.00 bits per heavy atom. The number of rotatable bonds is 6. The highest BCUT2D eigenvalue weighted by Crippen LogP contribution is 2.39. The molecular weight excluding hydrogens is 314 g/mol. The summed E-state index contributed by atoms with van der Waals surface area (Å²) in [6, 6.07) is 4.18. The molecule has 0 radical (unpaired) electrons. The summed E-state index contributed by atoms with van der Waals surface area (Å²) < 4.78 is 26.5. The van der Waals surface area contributed by atoms with Gasteiger partial charge in [-0.3, -0.25) is 0 Å². The van der Waals surface area contributed by atoms with Crippen molar-refractivity contribution in [3.05, 3.63) is 53.6 Å². The van der Waals surface area contributed by atoms with Gasteiger partial charge in [0.05, 0.1) is 0 Å². The van der Waals surface area contributed by atoms with Crippen molar-refractivity contribution >= 4 is 5.57 Å². The topological polar surface area (TPSA) is 0 Å². The smallest absolute Gasteiger partial charge is 0.159 e.